The molecule has 7 rings (SSSR count). The normalized spacial score (nSPS) is 13.7. The Bertz CT molecular complexity index is 1930. The Balaban J connectivity index is 0.000000203. The first-order chi connectivity index (χ1) is 24.3. The minimum Gasteiger partial charge on any atom is -0.507 e. The van der Waals surface area contributed by atoms with Gasteiger partial charge in [0.05, 0.1) is 37.7 Å². The minimum atomic E-state index is -0.331. The second-order valence-electron chi connectivity index (χ2n) is 11.5. The van der Waals surface area contributed by atoms with Gasteiger partial charge in [-0.05, 0) is 53.0 Å². The van der Waals surface area contributed by atoms with E-state index in [-0.39, 0.29) is 18.8 Å². The lowest BCUT2D eigenvalue weighted by Crippen LogP contribution is -2.40. The predicted molar refractivity (Wildman–Crippen MR) is 202 cm³/mol. The van der Waals surface area contributed by atoms with Gasteiger partial charge in [0, 0.05) is 24.2 Å². The summed E-state index contributed by atoms with van der Waals surface area (Å²) in [6.45, 7) is 15.0. The molecule has 2 fully saturated rings. The van der Waals surface area contributed by atoms with Gasteiger partial charge in [-0.1, -0.05) is 80.9 Å². The van der Waals surface area contributed by atoms with Crippen LogP contribution < -0.4 is 5.46 Å². The highest BCUT2D eigenvalue weighted by molar-refractivity contribution is 7.17. The van der Waals surface area contributed by atoms with E-state index in [1.165, 1.54) is 23.8 Å². The molecule has 11 heteroatoms. The van der Waals surface area contributed by atoms with E-state index < -0.39 is 0 Å². The van der Waals surface area contributed by atoms with Crippen molar-refractivity contribution in [2.24, 2.45) is 0 Å². The zero-order valence-electron chi connectivity index (χ0n) is 29.0. The van der Waals surface area contributed by atoms with Crippen LogP contribution in [0.1, 0.15) is 63.3 Å². The number of amides is 1. The van der Waals surface area contributed by atoms with E-state index in [1.54, 1.807) is 18.2 Å². The zero-order chi connectivity index (χ0) is 36.0. The van der Waals surface area contributed by atoms with Crippen molar-refractivity contribution in [2.75, 3.05) is 39.5 Å². The van der Waals surface area contributed by atoms with Crippen molar-refractivity contribution in [1.29, 1.82) is 0 Å². The summed E-state index contributed by atoms with van der Waals surface area (Å²) in [6.07, 6.45) is 4.54. The lowest BCUT2D eigenvalue weighted by atomic mass is 9.78. The van der Waals surface area contributed by atoms with Crippen LogP contribution in [0.2, 0.25) is 0 Å². The highest BCUT2D eigenvalue weighted by Gasteiger charge is 2.26. The Morgan fingerprint density at radius 3 is 2.26 bits per heavy atom. The maximum atomic E-state index is 12.8. The number of benzene rings is 4. The molecule has 0 spiro atoms. The fourth-order valence-corrected chi connectivity index (χ4v) is 6.39. The second kappa shape index (κ2) is 18.9. The van der Waals surface area contributed by atoms with E-state index in [1.807, 2.05) is 67.3 Å². The number of aryl methyl sites for hydroxylation is 1. The smallest absolute Gasteiger partial charge is 0.494 e. The molecule has 2 aliphatic heterocycles. The Hall–Kier alpha value is -4.68. The number of hydrogen-bond acceptors (Lipinski definition) is 9. The molecule has 0 radical (unpaired) electrons. The first-order valence-electron chi connectivity index (χ1n) is 16.6. The van der Waals surface area contributed by atoms with Gasteiger partial charge in [0.1, 0.15) is 15.6 Å². The summed E-state index contributed by atoms with van der Waals surface area (Å²) >= 11 is 1.42. The summed E-state index contributed by atoms with van der Waals surface area (Å²) in [5.41, 5.74) is 3.61. The summed E-state index contributed by atoms with van der Waals surface area (Å²) in [5, 5.41) is 13.9. The average molecular weight is 695 g/mol. The van der Waals surface area contributed by atoms with Crippen molar-refractivity contribution < 1.29 is 33.5 Å². The predicted octanol–water partition coefficient (Wildman–Crippen LogP) is 7.27. The molecule has 1 amide bonds. The molecule has 5 aromatic rings. The molecule has 9 nitrogen and oxygen atoms in total. The summed E-state index contributed by atoms with van der Waals surface area (Å²) in [7, 11) is -0.331. The summed E-state index contributed by atoms with van der Waals surface area (Å²) < 4.78 is 16.2. The van der Waals surface area contributed by atoms with E-state index >= 15 is 0 Å². The van der Waals surface area contributed by atoms with E-state index in [4.69, 9.17) is 14.0 Å². The number of thiazole rings is 1. The molecule has 0 unspecified atom stereocenters. The lowest BCUT2D eigenvalue weighted by molar-refractivity contribution is 0.0305. The highest BCUT2D eigenvalue weighted by atomic mass is 32.1. The fraction of sp³-hybridized carbons (Fsp3) is 0.282. The number of rotatable bonds is 5. The molecule has 1 aromatic heterocycles. The standard InChI is InChI=1S/C20H18N2O3S.C13H11BO4.C3H8.C3H6/c1-13-18(20(24)22-7-9-25-10-8-22)26-19(21-13)15-5-6-17-14(11-15)3-2-4-16(17)12-23;15-8-12-11-3-2-10(14-17-5-6-18-14)7-9(11)1-4-13(12)16;2*1-3-2/h2-6,11-12H,7-10H2,1H3;1-4,7-8,16H,5-6H2;3H2,1-2H3;3H,1H2,2H3. The molecule has 0 saturated carbocycles. The maximum absolute atomic E-state index is 12.8. The maximum Gasteiger partial charge on any atom is 0.494 e. The van der Waals surface area contributed by atoms with Crippen molar-refractivity contribution >= 4 is 63.9 Å². The van der Waals surface area contributed by atoms with Gasteiger partial charge in [-0.3, -0.25) is 14.4 Å². The number of phenolic OH excluding ortho intramolecular Hbond substituents is 1. The van der Waals surface area contributed by atoms with Gasteiger partial charge in [-0.25, -0.2) is 4.98 Å². The van der Waals surface area contributed by atoms with E-state index in [0.717, 1.165) is 49.6 Å². The number of hydrogen-bond donors (Lipinski definition) is 1. The monoisotopic (exact) mass is 694 g/mol. The number of morpholine rings is 1. The number of carbonyl (C=O) groups is 3. The molecule has 3 heterocycles. The molecule has 2 saturated heterocycles. The molecular formula is C39H43BN2O7S. The molecule has 0 atom stereocenters. The third-order valence-electron chi connectivity index (χ3n) is 7.65. The number of fused-ring (bicyclic) bond motifs is 2. The van der Waals surface area contributed by atoms with Crippen LogP contribution in [0.25, 0.3) is 32.1 Å². The molecule has 50 heavy (non-hydrogen) atoms. The van der Waals surface area contributed by atoms with Crippen molar-refractivity contribution in [1.82, 2.24) is 9.88 Å². The van der Waals surface area contributed by atoms with Crippen molar-refractivity contribution in [2.45, 2.75) is 34.1 Å². The van der Waals surface area contributed by atoms with Crippen LogP contribution in [0.15, 0.2) is 79.4 Å². The number of allylic oxidation sites excluding steroid dienone is 1. The first-order valence-corrected chi connectivity index (χ1v) is 17.4. The number of aromatic nitrogens is 1. The Morgan fingerprint density at radius 1 is 0.940 bits per heavy atom. The number of nitrogens with zero attached hydrogens (tertiary/aromatic N) is 2. The summed E-state index contributed by atoms with van der Waals surface area (Å²) in [5.74, 6) is 0.0252. The molecule has 0 aliphatic carbocycles. The quantitative estimate of drug-likeness (QED) is 0.116. The van der Waals surface area contributed by atoms with Gasteiger partial charge in [0.15, 0.2) is 12.6 Å². The van der Waals surface area contributed by atoms with E-state index in [9.17, 15) is 19.5 Å². The Labute approximate surface area is 297 Å². The van der Waals surface area contributed by atoms with Crippen molar-refractivity contribution in [3.63, 3.8) is 0 Å². The number of phenols is 1. The van der Waals surface area contributed by atoms with Gasteiger partial charge in [0.2, 0.25) is 0 Å². The third-order valence-corrected chi connectivity index (χ3v) is 8.85. The zero-order valence-corrected chi connectivity index (χ0v) is 29.8. The van der Waals surface area contributed by atoms with Crippen LogP contribution in [0.4, 0.5) is 0 Å². The SMILES string of the molecule is C=CC.CCC.Cc1nc(-c2ccc3c(C=O)cccc3c2)sc1C(=O)N1CCOCC1.O=Cc1c(O)ccc2cc(B3OCCO3)ccc12. The molecular weight excluding hydrogens is 651 g/mol. The van der Waals surface area contributed by atoms with Crippen molar-refractivity contribution in [3.05, 3.63) is 101 Å². The molecule has 1 N–H and O–H groups in total. The van der Waals surface area contributed by atoms with Crippen LogP contribution >= 0.6 is 11.3 Å². The van der Waals surface area contributed by atoms with Crippen LogP contribution in [0.3, 0.4) is 0 Å². The topological polar surface area (TPSA) is 115 Å². The average Bonchev–Trinajstić information content (AvgIpc) is 3.82. The Kier molecular flexibility index (Phi) is 14.4. The van der Waals surface area contributed by atoms with Crippen LogP contribution in [-0.2, 0) is 14.0 Å². The van der Waals surface area contributed by atoms with Gasteiger partial charge in [0.25, 0.3) is 5.91 Å². The van der Waals surface area contributed by atoms with Crippen LogP contribution in [-0.4, -0.2) is 80.1 Å². The van der Waals surface area contributed by atoms with Crippen LogP contribution in [0.5, 0.6) is 5.75 Å². The van der Waals surface area contributed by atoms with Gasteiger partial charge < -0.3 is 24.1 Å². The number of aromatic hydroxyl groups is 1. The summed E-state index contributed by atoms with van der Waals surface area (Å²) in [6, 6.07) is 20.4. The fourth-order valence-electron chi connectivity index (χ4n) is 5.36. The number of ether oxygens (including phenoxy) is 1. The van der Waals surface area contributed by atoms with Gasteiger partial charge >= 0.3 is 7.12 Å². The van der Waals surface area contributed by atoms with E-state index in [0.29, 0.717) is 61.8 Å². The minimum absolute atomic E-state index is 0.00128. The molecule has 4 aromatic carbocycles. The number of aldehydes is 2. The molecule has 260 valence electrons. The third kappa shape index (κ3) is 9.31. The second-order valence-corrected chi connectivity index (χ2v) is 12.5. The van der Waals surface area contributed by atoms with Crippen LogP contribution in [0, 0.1) is 6.92 Å². The number of carbonyl (C=O) groups excluding carboxylic acids is 3. The highest BCUT2D eigenvalue weighted by Crippen LogP contribution is 2.32. The molecule has 2 aliphatic rings. The Morgan fingerprint density at radius 2 is 1.60 bits per heavy atom. The lowest BCUT2D eigenvalue weighted by Gasteiger charge is -2.26. The molecule has 0 bridgehead atoms. The van der Waals surface area contributed by atoms with Gasteiger partial charge in [-0.2, -0.15) is 0 Å². The van der Waals surface area contributed by atoms with Crippen molar-refractivity contribution in [3.8, 4) is 16.3 Å². The van der Waals surface area contributed by atoms with Gasteiger partial charge in [-0.15, -0.1) is 17.9 Å². The summed E-state index contributed by atoms with van der Waals surface area (Å²) in [4.78, 5) is 42.0. The largest absolute Gasteiger partial charge is 0.507 e. The first kappa shape index (κ1) is 38.1. The van der Waals surface area contributed by atoms with E-state index in [2.05, 4.69) is 25.4 Å².